The molecule has 0 aliphatic heterocycles. The van der Waals surface area contributed by atoms with E-state index in [1.54, 1.807) is 36.4 Å². The van der Waals surface area contributed by atoms with E-state index in [1.807, 2.05) is 0 Å². The predicted octanol–water partition coefficient (Wildman–Crippen LogP) is 2.90. The molecule has 2 aromatic carbocycles. The summed E-state index contributed by atoms with van der Waals surface area (Å²) in [6, 6.07) is 12.6. The number of aromatic hydroxyl groups is 2. The van der Waals surface area contributed by atoms with Crippen LogP contribution in [0.5, 0.6) is 11.5 Å². The van der Waals surface area contributed by atoms with E-state index in [0.29, 0.717) is 17.3 Å². The van der Waals surface area contributed by atoms with Gasteiger partial charge in [0.25, 0.3) is 0 Å². The first-order chi connectivity index (χ1) is 11.0. The third kappa shape index (κ3) is 6.60. The highest BCUT2D eigenvalue weighted by molar-refractivity contribution is 5.89. The number of carbonyl (C=O) groups excluding carboxylic acids is 1. The second-order valence-electron chi connectivity index (χ2n) is 5.42. The molecule has 6 nitrogen and oxygen atoms in total. The van der Waals surface area contributed by atoms with Gasteiger partial charge in [0.15, 0.2) is 0 Å². The number of nitrogens with one attached hydrogen (secondary N) is 2. The first-order valence-corrected chi connectivity index (χ1v) is 7.41. The van der Waals surface area contributed by atoms with Gasteiger partial charge >= 0.3 is 6.03 Å². The molecule has 2 amide bonds. The number of hydrogen-bond acceptors (Lipinski definition) is 4. The Kier molecular flexibility index (Phi) is 5.68. The van der Waals surface area contributed by atoms with E-state index in [0.717, 1.165) is 6.54 Å². The molecular formula is C17H21N3O3. The van der Waals surface area contributed by atoms with Gasteiger partial charge < -0.3 is 26.6 Å². The number of amides is 2. The minimum atomic E-state index is -0.187. The number of rotatable bonds is 3. The summed E-state index contributed by atoms with van der Waals surface area (Å²) in [4.78, 5) is 11.3. The lowest BCUT2D eigenvalue weighted by atomic mass is 10.3. The average molecular weight is 315 g/mol. The van der Waals surface area contributed by atoms with Crippen molar-refractivity contribution in [3.8, 4) is 11.5 Å². The highest BCUT2D eigenvalue weighted by Crippen LogP contribution is 2.27. The summed E-state index contributed by atoms with van der Waals surface area (Å²) < 4.78 is 0. The molecule has 6 heteroatoms. The summed E-state index contributed by atoms with van der Waals surface area (Å²) in [6.45, 7) is 0.754. The van der Waals surface area contributed by atoms with Crippen LogP contribution in [0.2, 0.25) is 0 Å². The van der Waals surface area contributed by atoms with E-state index < -0.39 is 0 Å². The molecule has 0 saturated heterocycles. The van der Waals surface area contributed by atoms with Crippen molar-refractivity contribution in [2.45, 2.75) is 12.8 Å². The van der Waals surface area contributed by atoms with E-state index in [4.69, 9.17) is 15.9 Å². The lowest BCUT2D eigenvalue weighted by Crippen LogP contribution is -2.30. The van der Waals surface area contributed by atoms with Crippen LogP contribution in [0.4, 0.5) is 16.2 Å². The van der Waals surface area contributed by atoms with Crippen molar-refractivity contribution >= 4 is 17.4 Å². The Morgan fingerprint density at radius 1 is 1.00 bits per heavy atom. The summed E-state index contributed by atoms with van der Waals surface area (Å²) >= 11 is 0. The van der Waals surface area contributed by atoms with Crippen LogP contribution >= 0.6 is 0 Å². The second-order valence-corrected chi connectivity index (χ2v) is 5.42. The van der Waals surface area contributed by atoms with Gasteiger partial charge in [-0.05, 0) is 67.3 Å². The van der Waals surface area contributed by atoms with Gasteiger partial charge in [0.05, 0.1) is 0 Å². The molecule has 0 unspecified atom stereocenters. The van der Waals surface area contributed by atoms with Crippen LogP contribution in [0.3, 0.4) is 0 Å². The summed E-state index contributed by atoms with van der Waals surface area (Å²) in [6.07, 6.45) is 2.44. The molecule has 1 fully saturated rings. The van der Waals surface area contributed by atoms with Gasteiger partial charge in [0.2, 0.25) is 0 Å². The summed E-state index contributed by atoms with van der Waals surface area (Å²) in [5.74, 6) is 1.12. The number of urea groups is 1. The number of nitrogen functional groups attached to an aromatic ring is 1. The van der Waals surface area contributed by atoms with Gasteiger partial charge in [-0.2, -0.15) is 0 Å². The van der Waals surface area contributed by atoms with Crippen molar-refractivity contribution < 1.29 is 15.0 Å². The van der Waals surface area contributed by atoms with Crippen LogP contribution in [-0.4, -0.2) is 22.8 Å². The normalized spacial score (nSPS) is 12.7. The molecule has 0 aromatic heterocycles. The molecule has 3 rings (SSSR count). The number of carbonyl (C=O) groups is 1. The van der Waals surface area contributed by atoms with Crippen molar-refractivity contribution in [3.05, 3.63) is 48.5 Å². The minimum Gasteiger partial charge on any atom is -0.508 e. The van der Waals surface area contributed by atoms with Crippen LogP contribution < -0.4 is 16.4 Å². The lowest BCUT2D eigenvalue weighted by molar-refractivity contribution is 0.251. The number of anilines is 2. The zero-order valence-electron chi connectivity index (χ0n) is 12.7. The van der Waals surface area contributed by atoms with Crippen molar-refractivity contribution in [2.24, 2.45) is 5.92 Å². The van der Waals surface area contributed by atoms with Gasteiger partial charge in [0.1, 0.15) is 11.5 Å². The highest BCUT2D eigenvalue weighted by Gasteiger charge is 2.21. The van der Waals surface area contributed by atoms with E-state index in [2.05, 4.69) is 10.6 Å². The van der Waals surface area contributed by atoms with Gasteiger partial charge in [-0.25, -0.2) is 4.79 Å². The minimum absolute atomic E-state index is 0.187. The SMILES string of the molecule is Nc1ccc(O)cc1.O=C(NCC1CC1)Nc1ccc(O)cc1. The molecule has 6 N–H and O–H groups in total. The van der Waals surface area contributed by atoms with Crippen LogP contribution in [-0.2, 0) is 0 Å². The molecular weight excluding hydrogens is 294 g/mol. The van der Waals surface area contributed by atoms with Crippen molar-refractivity contribution in [3.63, 3.8) is 0 Å². The number of benzene rings is 2. The van der Waals surface area contributed by atoms with Crippen LogP contribution in [0.15, 0.2) is 48.5 Å². The van der Waals surface area contributed by atoms with Crippen molar-refractivity contribution in [1.29, 1.82) is 0 Å². The molecule has 2 aromatic rings. The number of hydrogen-bond donors (Lipinski definition) is 5. The second kappa shape index (κ2) is 7.93. The van der Waals surface area contributed by atoms with E-state index >= 15 is 0 Å². The Morgan fingerprint density at radius 2 is 1.52 bits per heavy atom. The molecule has 1 aliphatic carbocycles. The number of nitrogens with two attached hydrogens (primary N) is 1. The molecule has 23 heavy (non-hydrogen) atoms. The Labute approximate surface area is 135 Å². The fourth-order valence-corrected chi connectivity index (χ4v) is 1.75. The molecule has 1 saturated carbocycles. The standard InChI is InChI=1S/C11H14N2O2.C6H7NO/c14-10-5-3-9(4-6-10)13-11(15)12-7-8-1-2-8;7-5-1-3-6(8)4-2-5/h3-6,8,14H,1-2,7H2,(H2,12,13,15);1-4,8H,7H2. The third-order valence-corrected chi connectivity index (χ3v) is 3.27. The Hall–Kier alpha value is -2.89. The van der Waals surface area contributed by atoms with Crippen LogP contribution in [0.25, 0.3) is 0 Å². The van der Waals surface area contributed by atoms with E-state index in [1.165, 1.54) is 25.0 Å². The molecule has 0 heterocycles. The number of phenols is 2. The summed E-state index contributed by atoms with van der Waals surface area (Å²) in [7, 11) is 0. The Balaban J connectivity index is 0.000000203. The quantitative estimate of drug-likeness (QED) is 0.443. The lowest BCUT2D eigenvalue weighted by Gasteiger charge is -2.06. The monoisotopic (exact) mass is 315 g/mol. The fraction of sp³-hybridized carbons (Fsp3) is 0.235. The van der Waals surface area contributed by atoms with Gasteiger partial charge in [0, 0.05) is 17.9 Å². The molecule has 0 spiro atoms. The largest absolute Gasteiger partial charge is 0.508 e. The molecule has 1 aliphatic rings. The maximum atomic E-state index is 11.3. The average Bonchev–Trinajstić information content (AvgIpc) is 3.36. The van der Waals surface area contributed by atoms with E-state index in [-0.39, 0.29) is 17.5 Å². The first-order valence-electron chi connectivity index (χ1n) is 7.41. The molecule has 0 radical (unpaired) electrons. The smallest absolute Gasteiger partial charge is 0.319 e. The van der Waals surface area contributed by atoms with E-state index in [9.17, 15) is 4.79 Å². The van der Waals surface area contributed by atoms with Crippen molar-refractivity contribution in [2.75, 3.05) is 17.6 Å². The van der Waals surface area contributed by atoms with Gasteiger partial charge in [-0.3, -0.25) is 0 Å². The Morgan fingerprint density at radius 3 is 2.00 bits per heavy atom. The van der Waals surface area contributed by atoms with Crippen LogP contribution in [0, 0.1) is 5.92 Å². The van der Waals surface area contributed by atoms with Crippen molar-refractivity contribution in [1.82, 2.24) is 5.32 Å². The third-order valence-electron chi connectivity index (χ3n) is 3.27. The molecule has 0 atom stereocenters. The molecule has 122 valence electrons. The Bertz CT molecular complexity index is 602. The topological polar surface area (TPSA) is 108 Å². The maximum absolute atomic E-state index is 11.3. The highest BCUT2D eigenvalue weighted by atomic mass is 16.3. The maximum Gasteiger partial charge on any atom is 0.319 e. The molecule has 0 bridgehead atoms. The van der Waals surface area contributed by atoms with Gasteiger partial charge in [-0.15, -0.1) is 0 Å². The number of phenolic OH excluding ortho intramolecular Hbond substituents is 2. The zero-order valence-corrected chi connectivity index (χ0v) is 12.7. The summed E-state index contributed by atoms with van der Waals surface area (Å²) in [5, 5.41) is 23.2. The fourth-order valence-electron chi connectivity index (χ4n) is 1.75. The first kappa shape index (κ1) is 16.5. The predicted molar refractivity (Wildman–Crippen MR) is 90.4 cm³/mol. The van der Waals surface area contributed by atoms with Crippen LogP contribution in [0.1, 0.15) is 12.8 Å². The summed E-state index contributed by atoms with van der Waals surface area (Å²) in [5.41, 5.74) is 6.67. The zero-order chi connectivity index (χ0) is 16.7. The van der Waals surface area contributed by atoms with Gasteiger partial charge in [-0.1, -0.05) is 0 Å².